The van der Waals surface area contributed by atoms with Gasteiger partial charge in [-0.25, -0.2) is 8.42 Å². The van der Waals surface area contributed by atoms with Crippen molar-refractivity contribution in [1.29, 1.82) is 0 Å². The highest BCUT2D eigenvalue weighted by Crippen LogP contribution is 2.03. The minimum atomic E-state index is -2.39. The van der Waals surface area contributed by atoms with Crippen LogP contribution in [0.15, 0.2) is 0 Å². The van der Waals surface area contributed by atoms with Crippen LogP contribution in [0.25, 0.3) is 0 Å². The Bertz CT molecular complexity index is 201. The number of hydrogen-bond acceptors (Lipinski definition) is 4. The Morgan fingerprint density at radius 1 is 1.50 bits per heavy atom. The second-order valence-corrected chi connectivity index (χ2v) is 3.66. The van der Waals surface area contributed by atoms with Gasteiger partial charge >= 0.3 is 5.97 Å². The lowest BCUT2D eigenvalue weighted by Crippen LogP contribution is -2.12. The van der Waals surface area contributed by atoms with Gasteiger partial charge in [0.25, 0.3) is 0 Å². The van der Waals surface area contributed by atoms with Gasteiger partial charge < -0.3 is 4.74 Å². The first-order valence-electron chi connectivity index (χ1n) is 3.83. The average molecular weight is 194 g/mol. The lowest BCUT2D eigenvalue weighted by molar-refractivity contribution is -0.143. The van der Waals surface area contributed by atoms with Crippen molar-refractivity contribution in [3.8, 4) is 0 Å². The highest BCUT2D eigenvalue weighted by atomic mass is 32.2. The normalized spacial score (nSPS) is 12.9. The van der Waals surface area contributed by atoms with Crippen molar-refractivity contribution in [3.63, 3.8) is 0 Å². The average Bonchev–Trinajstić information content (AvgIpc) is 1.84. The molecule has 0 saturated heterocycles. The van der Waals surface area contributed by atoms with E-state index >= 15 is 0 Å². The number of ether oxygens (including phenoxy) is 1. The van der Waals surface area contributed by atoms with Gasteiger partial charge in [-0.15, -0.1) is 0 Å². The molecule has 0 amide bonds. The van der Waals surface area contributed by atoms with Gasteiger partial charge in [0, 0.05) is 6.42 Å². The smallest absolute Gasteiger partial charge is 0.306 e. The van der Waals surface area contributed by atoms with Gasteiger partial charge in [-0.3, -0.25) is 4.79 Å². The Morgan fingerprint density at radius 3 is 2.50 bits per heavy atom. The summed E-state index contributed by atoms with van der Waals surface area (Å²) in [6.45, 7) is 3.77. The molecule has 0 aliphatic carbocycles. The van der Waals surface area contributed by atoms with Crippen molar-refractivity contribution in [1.82, 2.24) is 0 Å². The van der Waals surface area contributed by atoms with E-state index in [0.717, 1.165) is 0 Å². The van der Waals surface area contributed by atoms with E-state index < -0.39 is 10.7 Å². The van der Waals surface area contributed by atoms with Gasteiger partial charge in [0.05, 0.1) is 12.4 Å². The molecule has 0 N–H and O–H groups in total. The highest BCUT2D eigenvalue weighted by molar-refractivity contribution is 7.72. The quantitative estimate of drug-likeness (QED) is 0.501. The molecule has 0 aliphatic heterocycles. The maximum Gasteiger partial charge on any atom is 0.306 e. The summed E-state index contributed by atoms with van der Waals surface area (Å²) in [7, 11) is -2.39. The number of rotatable bonds is 5. The highest BCUT2D eigenvalue weighted by Gasteiger charge is 2.10. The fourth-order valence-corrected chi connectivity index (χ4v) is 1.46. The number of hydrogen-bond donors (Lipinski definition) is 1. The monoisotopic (exact) mass is 194 g/mol. The number of carbonyl (C=O) groups excluding carboxylic acids is 1. The second kappa shape index (κ2) is 5.99. The fourth-order valence-electron chi connectivity index (χ4n) is 0.823. The minimum absolute atomic E-state index is 0.0497. The largest absolute Gasteiger partial charge is 0.466 e. The van der Waals surface area contributed by atoms with Crippen LogP contribution in [0.3, 0.4) is 0 Å². The fraction of sp³-hybridized carbons (Fsp3) is 0.857. The van der Waals surface area contributed by atoms with Crippen molar-refractivity contribution in [2.24, 2.45) is 5.92 Å². The predicted octanol–water partition coefficient (Wildman–Crippen LogP) is 0.187. The van der Waals surface area contributed by atoms with Crippen LogP contribution in [-0.2, 0) is 20.2 Å². The molecule has 0 radical (unpaired) electrons. The zero-order valence-corrected chi connectivity index (χ0v) is 8.17. The van der Waals surface area contributed by atoms with Gasteiger partial charge in [0.1, 0.15) is 10.7 Å². The molecule has 0 rings (SSSR count). The van der Waals surface area contributed by atoms with Crippen LogP contribution < -0.4 is 0 Å². The van der Waals surface area contributed by atoms with E-state index in [1.54, 1.807) is 13.8 Å². The topological polar surface area (TPSA) is 60.4 Å². The van der Waals surface area contributed by atoms with Crippen LogP contribution in [0.1, 0.15) is 20.3 Å². The molecule has 72 valence electrons. The maximum absolute atomic E-state index is 10.8. The molecule has 0 aromatic heterocycles. The molecule has 0 bridgehead atoms. The molecule has 0 spiro atoms. The summed E-state index contributed by atoms with van der Waals surface area (Å²) in [6.07, 6.45) is 0.178. The molecule has 0 aromatic carbocycles. The SMILES string of the molecule is CCOC(=O)C[C@@H](C)C[SH](=O)=O. The molecule has 1 atom stereocenters. The third kappa shape index (κ3) is 6.15. The van der Waals surface area contributed by atoms with E-state index in [9.17, 15) is 13.2 Å². The molecular weight excluding hydrogens is 180 g/mol. The van der Waals surface area contributed by atoms with E-state index in [4.69, 9.17) is 0 Å². The summed E-state index contributed by atoms with van der Waals surface area (Å²) < 4.78 is 25.1. The Balaban J connectivity index is 3.68. The first-order valence-corrected chi connectivity index (χ1v) is 5.20. The van der Waals surface area contributed by atoms with Gasteiger partial charge in [-0.2, -0.15) is 0 Å². The molecule has 0 aliphatic rings. The third-order valence-electron chi connectivity index (χ3n) is 1.28. The molecule has 0 fully saturated rings. The summed E-state index contributed by atoms with van der Waals surface area (Å²) in [5.41, 5.74) is 0. The molecule has 0 heterocycles. The van der Waals surface area contributed by atoms with Crippen LogP contribution in [0, 0.1) is 5.92 Å². The minimum Gasteiger partial charge on any atom is -0.466 e. The predicted molar refractivity (Wildman–Crippen MR) is 45.6 cm³/mol. The van der Waals surface area contributed by atoms with Crippen molar-refractivity contribution in [2.45, 2.75) is 20.3 Å². The summed E-state index contributed by atoms with van der Waals surface area (Å²) in [5.74, 6) is -0.430. The Hall–Kier alpha value is -0.580. The number of carbonyl (C=O) groups is 1. The maximum atomic E-state index is 10.8. The van der Waals surface area contributed by atoms with E-state index in [-0.39, 0.29) is 24.1 Å². The first kappa shape index (κ1) is 11.4. The van der Waals surface area contributed by atoms with Crippen LogP contribution in [0.4, 0.5) is 0 Å². The summed E-state index contributed by atoms with van der Waals surface area (Å²) in [4.78, 5) is 10.8. The number of thiol groups is 1. The van der Waals surface area contributed by atoms with E-state index in [0.29, 0.717) is 6.61 Å². The van der Waals surface area contributed by atoms with Crippen LogP contribution in [0.2, 0.25) is 0 Å². The van der Waals surface area contributed by atoms with Crippen LogP contribution >= 0.6 is 0 Å². The molecule has 12 heavy (non-hydrogen) atoms. The van der Waals surface area contributed by atoms with Gasteiger partial charge in [0.2, 0.25) is 0 Å². The van der Waals surface area contributed by atoms with Crippen molar-refractivity contribution < 1.29 is 17.9 Å². The Morgan fingerprint density at radius 2 is 2.08 bits per heavy atom. The Labute approximate surface area is 73.9 Å². The summed E-state index contributed by atoms with van der Waals surface area (Å²) in [6, 6.07) is 0. The molecule has 0 saturated carbocycles. The lowest BCUT2D eigenvalue weighted by atomic mass is 10.1. The van der Waals surface area contributed by atoms with E-state index in [2.05, 4.69) is 4.74 Å². The van der Waals surface area contributed by atoms with Crippen molar-refractivity contribution >= 4 is 16.7 Å². The number of esters is 1. The van der Waals surface area contributed by atoms with Crippen LogP contribution in [0.5, 0.6) is 0 Å². The zero-order valence-electron chi connectivity index (χ0n) is 7.28. The summed E-state index contributed by atoms with van der Waals surface area (Å²) >= 11 is 0. The second-order valence-electron chi connectivity index (χ2n) is 2.63. The molecule has 4 nitrogen and oxygen atoms in total. The van der Waals surface area contributed by atoms with E-state index in [1.807, 2.05) is 0 Å². The molecular formula is C7H14O4S. The van der Waals surface area contributed by atoms with Crippen molar-refractivity contribution in [3.05, 3.63) is 0 Å². The van der Waals surface area contributed by atoms with Gasteiger partial charge in [-0.05, 0) is 12.8 Å². The van der Waals surface area contributed by atoms with Crippen LogP contribution in [-0.4, -0.2) is 26.7 Å². The van der Waals surface area contributed by atoms with Crippen molar-refractivity contribution in [2.75, 3.05) is 12.4 Å². The molecule has 0 unspecified atom stereocenters. The van der Waals surface area contributed by atoms with Gasteiger partial charge in [-0.1, -0.05) is 6.92 Å². The molecule has 0 aromatic rings. The Kier molecular flexibility index (Phi) is 5.70. The molecule has 5 heteroatoms. The lowest BCUT2D eigenvalue weighted by Gasteiger charge is -2.05. The summed E-state index contributed by atoms with van der Waals surface area (Å²) in [5, 5.41) is 0. The first-order chi connectivity index (χ1) is 5.56. The zero-order chi connectivity index (χ0) is 9.56. The third-order valence-corrected chi connectivity index (χ3v) is 2.20. The van der Waals surface area contributed by atoms with E-state index in [1.165, 1.54) is 0 Å². The standard InChI is InChI=1S/C7H14O4S/c1-3-11-7(8)4-6(2)5-12(9)10/h6,12H,3-5H2,1-2H3/t6-/m1/s1. The van der Waals surface area contributed by atoms with Gasteiger partial charge in [0.15, 0.2) is 0 Å².